The molecule has 7 N–H and O–H groups in total. The Kier molecular flexibility index (Phi) is 18.1. The fourth-order valence-corrected chi connectivity index (χ4v) is 4.74. The number of halogens is 3. The number of unbranched alkanes of at least 4 members (excludes halogenated alkanes) is 10. The average Bonchev–Trinajstić information content (AvgIpc) is 2.93. The predicted octanol–water partition coefficient (Wildman–Crippen LogP) is 6.79. The lowest BCUT2D eigenvalue weighted by molar-refractivity contribution is -0.192. The molecule has 0 aliphatic rings. The van der Waals surface area contributed by atoms with Crippen molar-refractivity contribution >= 4 is 22.5 Å². The van der Waals surface area contributed by atoms with Crippen LogP contribution < -0.4 is 17.2 Å². The van der Waals surface area contributed by atoms with E-state index in [0.717, 1.165) is 38.5 Å². The van der Waals surface area contributed by atoms with Crippen molar-refractivity contribution in [2.75, 3.05) is 6.54 Å². The Labute approximate surface area is 236 Å². The van der Waals surface area contributed by atoms with E-state index >= 15 is 0 Å². The highest BCUT2D eigenvalue weighted by molar-refractivity contribution is 5.86. The van der Waals surface area contributed by atoms with Crippen LogP contribution in [-0.2, 0) is 22.6 Å². The van der Waals surface area contributed by atoms with Gasteiger partial charge in [-0.15, -0.1) is 0 Å². The van der Waals surface area contributed by atoms with Crippen LogP contribution in [0.1, 0.15) is 101 Å². The third-order valence-corrected chi connectivity index (χ3v) is 7.09. The lowest BCUT2D eigenvalue weighted by atomic mass is 9.95. The number of carbonyl (C=O) groups excluding carboxylic acids is 1. The topological polar surface area (TPSA) is 132 Å². The molecule has 0 radical (unpaired) electrons. The smallest absolute Gasteiger partial charge is 0.475 e. The third kappa shape index (κ3) is 14.8. The molecule has 0 saturated carbocycles. The normalized spacial score (nSPS) is 12.2. The van der Waals surface area contributed by atoms with E-state index in [0.29, 0.717) is 19.5 Å². The number of hydrogen-bond donors (Lipinski definition) is 4. The molecule has 9 heteroatoms. The number of Topliss-reactive ketones (excluding diaryl/α,β-unsaturated/α-hetero) is 1. The summed E-state index contributed by atoms with van der Waals surface area (Å²) >= 11 is 0. The monoisotopic (exact) mass is 567 g/mol. The van der Waals surface area contributed by atoms with Crippen molar-refractivity contribution in [3.05, 3.63) is 47.5 Å². The zero-order chi connectivity index (χ0) is 29.8. The summed E-state index contributed by atoms with van der Waals surface area (Å²) in [6.07, 6.45) is 11.9. The molecule has 2 aromatic rings. The standard InChI is InChI=1S/C29H47N3O.C2HF3O2/c30-22-14-13-18-28(32)29(33)19-10-8-6-4-2-1-3-5-7-9-15-25-21-20-24-16-11-12-17-26(24)27(25)23-31;3-2(4,5)1(6)7/h11-12,16-17,20-21,28H,1-10,13-15,18-19,22-23,30-32H2;(H,6,7)/t28-;/m0./s1. The SMILES string of the molecule is NCCCC[C@H](N)C(=O)CCCCCCCCCCCCc1ccc2ccccc2c1CN.O=C(O)C(F)(F)F. The largest absolute Gasteiger partial charge is 0.490 e. The van der Waals surface area contributed by atoms with Crippen molar-refractivity contribution in [1.82, 2.24) is 0 Å². The van der Waals surface area contributed by atoms with Gasteiger partial charge in [0.1, 0.15) is 5.78 Å². The molecule has 0 aliphatic carbocycles. The second kappa shape index (κ2) is 20.4. The van der Waals surface area contributed by atoms with Crippen LogP contribution in [0.2, 0.25) is 0 Å². The molecule has 40 heavy (non-hydrogen) atoms. The molecule has 0 fully saturated rings. The first kappa shape index (κ1) is 35.5. The fraction of sp³-hybridized carbons (Fsp3) is 0.613. The van der Waals surface area contributed by atoms with Crippen molar-refractivity contribution < 1.29 is 27.9 Å². The van der Waals surface area contributed by atoms with Crippen molar-refractivity contribution in [2.24, 2.45) is 17.2 Å². The number of fused-ring (bicyclic) bond motifs is 1. The number of carboxylic acids is 1. The maximum Gasteiger partial charge on any atom is 0.490 e. The van der Waals surface area contributed by atoms with E-state index in [1.807, 2.05) is 0 Å². The van der Waals surface area contributed by atoms with Gasteiger partial charge in [0.15, 0.2) is 0 Å². The summed E-state index contributed by atoms with van der Waals surface area (Å²) in [5, 5.41) is 9.72. The molecule has 0 bridgehead atoms. The maximum absolute atomic E-state index is 12.0. The summed E-state index contributed by atoms with van der Waals surface area (Å²) in [7, 11) is 0. The Morgan fingerprint density at radius 3 is 1.88 bits per heavy atom. The minimum absolute atomic E-state index is 0.231. The van der Waals surface area contributed by atoms with Gasteiger partial charge in [-0.3, -0.25) is 4.79 Å². The summed E-state index contributed by atoms with van der Waals surface area (Å²) in [5.74, 6) is -2.53. The number of hydrogen-bond acceptors (Lipinski definition) is 5. The average molecular weight is 568 g/mol. The highest BCUT2D eigenvalue weighted by Gasteiger charge is 2.38. The van der Waals surface area contributed by atoms with Crippen molar-refractivity contribution in [3.63, 3.8) is 0 Å². The van der Waals surface area contributed by atoms with Crippen LogP contribution in [0, 0.1) is 0 Å². The fourth-order valence-electron chi connectivity index (χ4n) is 4.74. The molecule has 6 nitrogen and oxygen atoms in total. The summed E-state index contributed by atoms with van der Waals surface area (Å²) in [5.41, 5.74) is 20.3. The first-order valence-electron chi connectivity index (χ1n) is 14.6. The third-order valence-electron chi connectivity index (χ3n) is 7.09. The Bertz CT molecular complexity index is 999. The van der Waals surface area contributed by atoms with Gasteiger partial charge in [-0.25, -0.2) is 4.79 Å². The Morgan fingerprint density at radius 2 is 1.32 bits per heavy atom. The molecular weight excluding hydrogens is 519 g/mol. The number of alkyl halides is 3. The quantitative estimate of drug-likeness (QED) is 0.138. The van der Waals surface area contributed by atoms with Crippen molar-refractivity contribution in [3.8, 4) is 0 Å². The molecule has 1 atom stereocenters. The van der Waals surface area contributed by atoms with Crippen LogP contribution in [0.4, 0.5) is 13.2 Å². The molecule has 0 aromatic heterocycles. The first-order valence-corrected chi connectivity index (χ1v) is 14.6. The summed E-state index contributed by atoms with van der Waals surface area (Å²) in [4.78, 5) is 20.9. The van der Waals surface area contributed by atoms with Crippen LogP contribution in [0.3, 0.4) is 0 Å². The Hall–Kier alpha value is -2.49. The Morgan fingerprint density at radius 1 is 0.775 bits per heavy atom. The number of benzene rings is 2. The summed E-state index contributed by atoms with van der Waals surface area (Å²) in [6, 6.07) is 12.8. The molecule has 0 unspecified atom stereocenters. The summed E-state index contributed by atoms with van der Waals surface area (Å²) < 4.78 is 31.7. The molecule has 2 rings (SSSR count). The second-order valence-corrected chi connectivity index (χ2v) is 10.3. The first-order chi connectivity index (χ1) is 19.1. The van der Waals surface area contributed by atoms with E-state index in [1.54, 1.807) is 0 Å². The minimum atomic E-state index is -5.08. The summed E-state index contributed by atoms with van der Waals surface area (Å²) in [6.45, 7) is 1.30. The van der Waals surface area contributed by atoms with Gasteiger partial charge < -0.3 is 22.3 Å². The molecule has 0 aliphatic heterocycles. The van der Waals surface area contributed by atoms with Gasteiger partial charge in [-0.1, -0.05) is 94.2 Å². The number of carboxylic acid groups (broad SMARTS) is 1. The van der Waals surface area contributed by atoms with E-state index in [4.69, 9.17) is 27.1 Å². The highest BCUT2D eigenvalue weighted by atomic mass is 19.4. The zero-order valence-corrected chi connectivity index (χ0v) is 23.7. The van der Waals surface area contributed by atoms with E-state index in [-0.39, 0.29) is 11.8 Å². The zero-order valence-electron chi connectivity index (χ0n) is 23.7. The number of carbonyl (C=O) groups is 2. The second-order valence-electron chi connectivity index (χ2n) is 10.3. The number of aliphatic carboxylic acids is 1. The molecular formula is C31H48F3N3O3. The number of nitrogens with two attached hydrogens (primary N) is 3. The lowest BCUT2D eigenvalue weighted by Crippen LogP contribution is -2.30. The maximum atomic E-state index is 12.0. The van der Waals surface area contributed by atoms with Gasteiger partial charge in [-0.05, 0) is 60.5 Å². The van der Waals surface area contributed by atoms with Gasteiger partial charge in [0.25, 0.3) is 0 Å². The lowest BCUT2D eigenvalue weighted by Gasteiger charge is -2.11. The van der Waals surface area contributed by atoms with Gasteiger partial charge in [0.2, 0.25) is 0 Å². The number of rotatable bonds is 19. The van der Waals surface area contributed by atoms with Gasteiger partial charge in [0.05, 0.1) is 6.04 Å². The highest BCUT2D eigenvalue weighted by Crippen LogP contribution is 2.24. The van der Waals surface area contributed by atoms with Crippen LogP contribution in [0.25, 0.3) is 10.8 Å². The van der Waals surface area contributed by atoms with E-state index < -0.39 is 12.1 Å². The van der Waals surface area contributed by atoms with Gasteiger partial charge in [0, 0.05) is 13.0 Å². The Balaban J connectivity index is 0.00000101. The number of ketones is 1. The molecule has 0 spiro atoms. The van der Waals surface area contributed by atoms with Gasteiger partial charge >= 0.3 is 12.1 Å². The molecule has 226 valence electrons. The molecule has 2 aromatic carbocycles. The minimum Gasteiger partial charge on any atom is -0.475 e. The van der Waals surface area contributed by atoms with E-state index in [1.165, 1.54) is 73.3 Å². The van der Waals surface area contributed by atoms with Crippen LogP contribution in [-0.4, -0.2) is 35.6 Å². The van der Waals surface area contributed by atoms with Crippen LogP contribution >= 0.6 is 0 Å². The number of aryl methyl sites for hydroxylation is 1. The van der Waals surface area contributed by atoms with Crippen molar-refractivity contribution in [2.45, 2.75) is 115 Å². The van der Waals surface area contributed by atoms with Gasteiger partial charge in [-0.2, -0.15) is 13.2 Å². The molecule has 0 heterocycles. The van der Waals surface area contributed by atoms with E-state index in [2.05, 4.69) is 36.4 Å². The van der Waals surface area contributed by atoms with Crippen molar-refractivity contribution in [1.29, 1.82) is 0 Å². The van der Waals surface area contributed by atoms with E-state index in [9.17, 15) is 18.0 Å². The predicted molar refractivity (Wildman–Crippen MR) is 156 cm³/mol. The molecule has 0 saturated heterocycles. The molecule has 0 amide bonds. The van der Waals surface area contributed by atoms with Crippen LogP contribution in [0.5, 0.6) is 0 Å². The van der Waals surface area contributed by atoms with Crippen LogP contribution in [0.15, 0.2) is 36.4 Å².